The Hall–Kier alpha value is -3.96. The molecule has 8 heteroatoms. The van der Waals surface area contributed by atoms with E-state index >= 15 is 0 Å². The summed E-state index contributed by atoms with van der Waals surface area (Å²) in [6.45, 7) is 1.74. The van der Waals surface area contributed by atoms with Crippen LogP contribution in [0.25, 0.3) is 6.08 Å². The van der Waals surface area contributed by atoms with E-state index in [1.54, 1.807) is 24.3 Å². The minimum absolute atomic E-state index is 0.127. The monoisotopic (exact) mass is 507 g/mol. The van der Waals surface area contributed by atoms with Gasteiger partial charge in [-0.1, -0.05) is 18.2 Å². The second-order valence-corrected chi connectivity index (χ2v) is 7.88. The van der Waals surface area contributed by atoms with Crippen molar-refractivity contribution in [1.29, 1.82) is 5.26 Å². The zero-order valence-corrected chi connectivity index (χ0v) is 19.1. The van der Waals surface area contributed by atoms with Crippen molar-refractivity contribution in [2.45, 2.75) is 6.92 Å². The number of halogens is 2. The second-order valence-electron chi connectivity index (χ2n) is 7.03. The maximum absolute atomic E-state index is 13.0. The summed E-state index contributed by atoms with van der Waals surface area (Å²) in [4.78, 5) is 24.5. The van der Waals surface area contributed by atoms with Gasteiger partial charge in [0.15, 0.2) is 6.61 Å². The lowest BCUT2D eigenvalue weighted by atomic mass is 10.1. The first-order chi connectivity index (χ1) is 15.8. The van der Waals surface area contributed by atoms with E-state index < -0.39 is 11.7 Å². The van der Waals surface area contributed by atoms with Crippen molar-refractivity contribution < 1.29 is 18.7 Å². The zero-order valence-electron chi connectivity index (χ0n) is 17.6. The number of rotatable bonds is 7. The largest absolute Gasteiger partial charge is 0.483 e. The molecule has 0 unspecified atom stereocenters. The van der Waals surface area contributed by atoms with Gasteiger partial charge in [0.25, 0.3) is 11.8 Å². The van der Waals surface area contributed by atoms with E-state index in [1.807, 2.05) is 31.2 Å². The van der Waals surface area contributed by atoms with Crippen molar-refractivity contribution in [2.24, 2.45) is 0 Å². The highest BCUT2D eigenvalue weighted by atomic mass is 79.9. The molecule has 0 spiro atoms. The lowest BCUT2D eigenvalue weighted by molar-refractivity contribution is -0.118. The lowest BCUT2D eigenvalue weighted by Crippen LogP contribution is -2.20. The van der Waals surface area contributed by atoms with E-state index in [0.29, 0.717) is 27.2 Å². The van der Waals surface area contributed by atoms with Gasteiger partial charge < -0.3 is 15.4 Å². The molecule has 3 aromatic carbocycles. The fourth-order valence-electron chi connectivity index (χ4n) is 2.83. The normalized spacial score (nSPS) is 10.8. The number of hydrogen-bond donors (Lipinski definition) is 2. The van der Waals surface area contributed by atoms with Crippen molar-refractivity contribution in [3.8, 4) is 11.8 Å². The second kappa shape index (κ2) is 11.1. The summed E-state index contributed by atoms with van der Waals surface area (Å²) in [5.74, 6) is -0.918. The van der Waals surface area contributed by atoms with Crippen LogP contribution in [0.5, 0.6) is 5.75 Å². The molecule has 166 valence electrons. The molecule has 33 heavy (non-hydrogen) atoms. The molecule has 2 amide bonds. The van der Waals surface area contributed by atoms with Crippen LogP contribution in [0, 0.1) is 24.1 Å². The number of nitrogens with one attached hydrogen (secondary N) is 2. The van der Waals surface area contributed by atoms with Crippen molar-refractivity contribution in [1.82, 2.24) is 0 Å². The molecule has 3 rings (SSSR count). The quantitative estimate of drug-likeness (QED) is 0.328. The molecule has 0 fully saturated rings. The number of nitrogens with zero attached hydrogens (tertiary/aromatic N) is 1. The SMILES string of the molecule is Cc1cccc(NC(=O)COc2ccc(C=C(C#N)C(=O)Nc3ccc(F)cc3)cc2Br)c1. The predicted octanol–water partition coefficient (Wildman–Crippen LogP) is 5.46. The maximum atomic E-state index is 13.0. The van der Waals surface area contributed by atoms with Crippen LogP contribution in [-0.2, 0) is 9.59 Å². The van der Waals surface area contributed by atoms with Gasteiger partial charge in [0.1, 0.15) is 23.2 Å². The van der Waals surface area contributed by atoms with Crippen LogP contribution in [0.3, 0.4) is 0 Å². The summed E-state index contributed by atoms with van der Waals surface area (Å²) < 4.78 is 19.1. The summed E-state index contributed by atoms with van der Waals surface area (Å²) in [6, 6.07) is 19.5. The number of carbonyl (C=O) groups is 2. The molecule has 0 heterocycles. The average molecular weight is 508 g/mol. The number of amides is 2. The van der Waals surface area contributed by atoms with Gasteiger partial charge in [-0.3, -0.25) is 9.59 Å². The number of aryl methyl sites for hydroxylation is 1. The standard InChI is InChI=1S/C25H19BrFN3O3/c1-16-3-2-4-21(11-16)29-24(31)15-33-23-10-5-17(13-22(23)26)12-18(14-28)25(32)30-20-8-6-19(27)7-9-20/h2-13H,15H2,1H3,(H,29,31)(H,30,32). The van der Waals surface area contributed by atoms with Gasteiger partial charge in [0.05, 0.1) is 4.47 Å². The van der Waals surface area contributed by atoms with Crippen molar-refractivity contribution in [2.75, 3.05) is 17.2 Å². The van der Waals surface area contributed by atoms with E-state index in [0.717, 1.165) is 5.56 Å². The Morgan fingerprint density at radius 1 is 1.06 bits per heavy atom. The molecule has 0 atom stereocenters. The summed E-state index contributed by atoms with van der Waals surface area (Å²) in [5, 5.41) is 14.7. The van der Waals surface area contributed by atoms with Crippen molar-refractivity contribution in [3.63, 3.8) is 0 Å². The molecule has 0 saturated heterocycles. The topological polar surface area (TPSA) is 91.2 Å². The molecular formula is C25H19BrFN3O3. The third-order valence-corrected chi connectivity index (χ3v) is 5.01. The Morgan fingerprint density at radius 2 is 1.82 bits per heavy atom. The number of anilines is 2. The molecule has 3 aromatic rings. The summed E-state index contributed by atoms with van der Waals surface area (Å²) >= 11 is 3.38. The molecule has 0 bridgehead atoms. The Labute approximate surface area is 198 Å². The molecule has 6 nitrogen and oxygen atoms in total. The van der Waals surface area contributed by atoms with Gasteiger partial charge in [0.2, 0.25) is 0 Å². The number of carbonyl (C=O) groups excluding carboxylic acids is 2. The summed E-state index contributed by atoms with van der Waals surface area (Å²) in [7, 11) is 0. The van der Waals surface area contributed by atoms with Crippen LogP contribution >= 0.6 is 15.9 Å². The molecule has 0 aliphatic rings. The molecule has 0 aromatic heterocycles. The van der Waals surface area contributed by atoms with Gasteiger partial charge >= 0.3 is 0 Å². The van der Waals surface area contributed by atoms with Crippen LogP contribution < -0.4 is 15.4 Å². The Kier molecular flexibility index (Phi) is 7.95. The highest BCUT2D eigenvalue weighted by Crippen LogP contribution is 2.27. The molecule has 0 aliphatic carbocycles. The molecule has 0 saturated carbocycles. The van der Waals surface area contributed by atoms with Crippen molar-refractivity contribution >= 4 is 45.2 Å². The highest BCUT2D eigenvalue weighted by molar-refractivity contribution is 9.10. The molecule has 0 aliphatic heterocycles. The first-order valence-electron chi connectivity index (χ1n) is 9.81. The summed E-state index contributed by atoms with van der Waals surface area (Å²) in [5.41, 5.74) is 2.53. The molecule has 0 radical (unpaired) electrons. The molecular weight excluding hydrogens is 489 g/mol. The number of benzene rings is 3. The Morgan fingerprint density at radius 3 is 2.48 bits per heavy atom. The smallest absolute Gasteiger partial charge is 0.266 e. The van der Waals surface area contributed by atoms with Gasteiger partial charge in [-0.25, -0.2) is 4.39 Å². The number of nitriles is 1. The van der Waals surface area contributed by atoms with E-state index in [-0.39, 0.29) is 18.1 Å². The predicted molar refractivity (Wildman–Crippen MR) is 128 cm³/mol. The molecule has 2 N–H and O–H groups in total. The van der Waals surface area contributed by atoms with Crippen molar-refractivity contribution in [3.05, 3.63) is 93.7 Å². The van der Waals surface area contributed by atoms with Gasteiger partial charge in [-0.15, -0.1) is 0 Å². The lowest BCUT2D eigenvalue weighted by Gasteiger charge is -2.10. The van der Waals surface area contributed by atoms with Crippen LogP contribution in [0.2, 0.25) is 0 Å². The fourth-order valence-corrected chi connectivity index (χ4v) is 3.34. The fraction of sp³-hybridized carbons (Fsp3) is 0.0800. The first-order valence-corrected chi connectivity index (χ1v) is 10.6. The van der Waals surface area contributed by atoms with E-state index in [9.17, 15) is 19.2 Å². The van der Waals surface area contributed by atoms with Gasteiger partial charge in [-0.2, -0.15) is 5.26 Å². The van der Waals surface area contributed by atoms with E-state index in [2.05, 4.69) is 26.6 Å². The van der Waals surface area contributed by atoms with Crippen LogP contribution in [0.1, 0.15) is 11.1 Å². The van der Waals surface area contributed by atoms with Gasteiger partial charge in [0, 0.05) is 11.4 Å². The summed E-state index contributed by atoms with van der Waals surface area (Å²) in [6.07, 6.45) is 1.41. The minimum atomic E-state index is -0.617. The maximum Gasteiger partial charge on any atom is 0.266 e. The van der Waals surface area contributed by atoms with E-state index in [1.165, 1.54) is 30.3 Å². The Balaban J connectivity index is 1.63. The average Bonchev–Trinajstić information content (AvgIpc) is 2.78. The number of ether oxygens (including phenoxy) is 1. The third-order valence-electron chi connectivity index (χ3n) is 4.39. The Bertz CT molecular complexity index is 1250. The first kappa shape index (κ1) is 23.7. The third kappa shape index (κ3) is 7.02. The zero-order chi connectivity index (χ0) is 23.8. The highest BCUT2D eigenvalue weighted by Gasteiger charge is 2.11. The van der Waals surface area contributed by atoms with Crippen LogP contribution in [-0.4, -0.2) is 18.4 Å². The van der Waals surface area contributed by atoms with Crippen LogP contribution in [0.15, 0.2) is 76.8 Å². The van der Waals surface area contributed by atoms with Crippen LogP contribution in [0.4, 0.5) is 15.8 Å². The number of hydrogen-bond acceptors (Lipinski definition) is 4. The minimum Gasteiger partial charge on any atom is -0.483 e. The van der Waals surface area contributed by atoms with E-state index in [4.69, 9.17) is 4.74 Å². The van der Waals surface area contributed by atoms with Gasteiger partial charge in [-0.05, 0) is 88.6 Å².